The second kappa shape index (κ2) is 10.9. The zero-order valence-corrected chi connectivity index (χ0v) is 25.8. The van der Waals surface area contributed by atoms with E-state index in [4.69, 9.17) is 0 Å². The second-order valence-electron chi connectivity index (χ2n) is 12.0. The molecule has 2 aromatic heterocycles. The zero-order valence-electron chi connectivity index (χ0n) is 25.8. The lowest BCUT2D eigenvalue weighted by atomic mass is 9.93. The summed E-state index contributed by atoms with van der Waals surface area (Å²) in [5.74, 6) is 0. The Labute approximate surface area is 277 Å². The van der Waals surface area contributed by atoms with Gasteiger partial charge in [-0.3, -0.25) is 0 Å². The predicted molar refractivity (Wildman–Crippen MR) is 195 cm³/mol. The Balaban J connectivity index is 1.21. The van der Waals surface area contributed by atoms with Crippen molar-refractivity contribution in [2.75, 3.05) is 0 Å². The van der Waals surface area contributed by atoms with Gasteiger partial charge in [-0.2, -0.15) is 10.5 Å². The predicted octanol–water partition coefficient (Wildman–Crippen LogP) is 11.0. The number of nitrogens with zero attached hydrogens (tertiary/aromatic N) is 4. The Morgan fingerprint density at radius 2 is 0.917 bits per heavy atom. The Morgan fingerprint density at radius 3 is 1.48 bits per heavy atom. The number of fused-ring (bicyclic) bond motifs is 6. The molecule has 48 heavy (non-hydrogen) atoms. The van der Waals surface area contributed by atoms with Gasteiger partial charge in [0.05, 0.1) is 51.0 Å². The van der Waals surface area contributed by atoms with E-state index >= 15 is 0 Å². The first kappa shape index (κ1) is 27.4. The molecule has 0 unspecified atom stereocenters. The molecule has 0 aliphatic rings. The molecule has 222 valence electrons. The van der Waals surface area contributed by atoms with Crippen molar-refractivity contribution in [3.63, 3.8) is 0 Å². The molecular weight excluding hydrogens is 585 g/mol. The van der Waals surface area contributed by atoms with Gasteiger partial charge in [-0.25, -0.2) is 0 Å². The van der Waals surface area contributed by atoms with Crippen LogP contribution in [0.5, 0.6) is 0 Å². The third-order valence-electron chi connectivity index (χ3n) is 9.40. The van der Waals surface area contributed by atoms with Crippen LogP contribution in [0.3, 0.4) is 0 Å². The summed E-state index contributed by atoms with van der Waals surface area (Å²) in [6.45, 7) is 0. The number of rotatable bonds is 4. The number of benzene rings is 7. The van der Waals surface area contributed by atoms with E-state index in [1.165, 1.54) is 10.8 Å². The Kier molecular flexibility index (Phi) is 6.22. The fraction of sp³-hybridized carbons (Fsp3) is 0. The topological polar surface area (TPSA) is 57.4 Å². The third-order valence-corrected chi connectivity index (χ3v) is 9.40. The summed E-state index contributed by atoms with van der Waals surface area (Å²) < 4.78 is 4.52. The van der Waals surface area contributed by atoms with E-state index in [-0.39, 0.29) is 0 Å². The summed E-state index contributed by atoms with van der Waals surface area (Å²) in [6, 6.07) is 58.8. The van der Waals surface area contributed by atoms with E-state index in [0.29, 0.717) is 11.1 Å². The van der Waals surface area contributed by atoms with Crippen LogP contribution >= 0.6 is 0 Å². The third kappa shape index (κ3) is 4.14. The Hall–Kier alpha value is -6.88. The molecule has 4 nitrogen and oxygen atoms in total. The Morgan fingerprint density at radius 1 is 0.396 bits per heavy atom. The molecule has 0 radical (unpaired) electrons. The highest BCUT2D eigenvalue weighted by Crippen LogP contribution is 2.39. The van der Waals surface area contributed by atoms with Crippen molar-refractivity contribution in [2.24, 2.45) is 0 Å². The van der Waals surface area contributed by atoms with Crippen LogP contribution in [-0.2, 0) is 0 Å². The summed E-state index contributed by atoms with van der Waals surface area (Å²) in [6.07, 6.45) is 0. The number of nitriles is 2. The maximum atomic E-state index is 10.5. The number of para-hydroxylation sites is 4. The average molecular weight is 611 g/mol. The number of hydrogen-bond donors (Lipinski definition) is 0. The molecule has 0 N–H and O–H groups in total. The van der Waals surface area contributed by atoms with Gasteiger partial charge in [0, 0.05) is 38.4 Å². The molecule has 0 saturated carbocycles. The maximum Gasteiger partial charge on any atom is 0.0998 e. The fourth-order valence-electron chi connectivity index (χ4n) is 7.27. The van der Waals surface area contributed by atoms with Gasteiger partial charge in [-0.05, 0) is 65.7 Å². The minimum absolute atomic E-state index is 0.563. The highest BCUT2D eigenvalue weighted by atomic mass is 15.0. The average Bonchev–Trinajstić information content (AvgIpc) is 3.67. The van der Waals surface area contributed by atoms with E-state index in [1.54, 1.807) is 0 Å². The van der Waals surface area contributed by atoms with E-state index < -0.39 is 0 Å². The van der Waals surface area contributed by atoms with Gasteiger partial charge in [0.15, 0.2) is 0 Å². The first-order chi connectivity index (χ1) is 23.7. The highest BCUT2D eigenvalue weighted by molar-refractivity contribution is 6.10. The van der Waals surface area contributed by atoms with Crippen LogP contribution in [0.25, 0.3) is 77.2 Å². The van der Waals surface area contributed by atoms with Crippen molar-refractivity contribution in [2.45, 2.75) is 0 Å². The van der Waals surface area contributed by atoms with Crippen LogP contribution in [0.4, 0.5) is 0 Å². The van der Waals surface area contributed by atoms with Crippen LogP contribution in [0, 0.1) is 22.7 Å². The van der Waals surface area contributed by atoms with Crippen molar-refractivity contribution < 1.29 is 0 Å². The zero-order chi connectivity index (χ0) is 32.2. The smallest absolute Gasteiger partial charge is 0.0998 e. The van der Waals surface area contributed by atoms with Gasteiger partial charge in [0.2, 0.25) is 0 Å². The van der Waals surface area contributed by atoms with Gasteiger partial charge < -0.3 is 9.13 Å². The minimum atomic E-state index is 0.563. The van der Waals surface area contributed by atoms with Gasteiger partial charge in [0.25, 0.3) is 0 Å². The SMILES string of the molecule is N#Cc1ccc(-c2ccc(-c3cccc(-n4c5ccccc5c5ccccc54)c3)cc2C#N)c(-n2c3ccccc3c3ccccc32)c1. The van der Waals surface area contributed by atoms with Crippen molar-refractivity contribution >= 4 is 43.6 Å². The first-order valence-corrected chi connectivity index (χ1v) is 15.9. The fourth-order valence-corrected chi connectivity index (χ4v) is 7.27. The van der Waals surface area contributed by atoms with Crippen molar-refractivity contribution in [1.82, 2.24) is 9.13 Å². The van der Waals surface area contributed by atoms with Crippen molar-refractivity contribution in [3.8, 4) is 45.8 Å². The van der Waals surface area contributed by atoms with Gasteiger partial charge in [-0.1, -0.05) is 103 Å². The normalized spacial score (nSPS) is 11.3. The summed E-state index contributed by atoms with van der Waals surface area (Å²) in [5, 5.41) is 25.2. The minimum Gasteiger partial charge on any atom is -0.309 e. The van der Waals surface area contributed by atoms with Gasteiger partial charge >= 0.3 is 0 Å². The van der Waals surface area contributed by atoms with Crippen LogP contribution in [-0.4, -0.2) is 9.13 Å². The largest absolute Gasteiger partial charge is 0.309 e. The van der Waals surface area contributed by atoms with Crippen LogP contribution < -0.4 is 0 Å². The maximum absolute atomic E-state index is 10.5. The summed E-state index contributed by atoms with van der Waals surface area (Å²) in [5.41, 5.74) is 11.2. The molecule has 0 aliphatic carbocycles. The lowest BCUT2D eigenvalue weighted by Gasteiger charge is -2.16. The summed E-state index contributed by atoms with van der Waals surface area (Å²) >= 11 is 0. The van der Waals surface area contributed by atoms with Crippen molar-refractivity contribution in [1.29, 1.82) is 10.5 Å². The molecule has 0 aliphatic heterocycles. The van der Waals surface area contributed by atoms with E-state index in [2.05, 4.69) is 137 Å². The van der Waals surface area contributed by atoms with Crippen LogP contribution in [0.2, 0.25) is 0 Å². The molecule has 0 spiro atoms. The second-order valence-corrected chi connectivity index (χ2v) is 12.0. The Bertz CT molecular complexity index is 2710. The highest BCUT2D eigenvalue weighted by Gasteiger charge is 2.19. The standard InChI is InChI=1S/C44H26N4/c45-27-29-20-22-39(44(24-29)48-42-18-7-3-14-37(42)38-15-4-8-19-43(38)48)34-23-21-31(25-32(34)28-46)30-10-9-11-33(26-30)47-40-16-5-1-12-35(40)36-13-2-6-17-41(36)47/h1-26H. The molecule has 9 aromatic rings. The van der Waals surface area contributed by atoms with Crippen LogP contribution in [0.1, 0.15) is 11.1 Å². The lowest BCUT2D eigenvalue weighted by Crippen LogP contribution is -1.99. The molecule has 9 rings (SSSR count). The lowest BCUT2D eigenvalue weighted by molar-refractivity contribution is 1.18. The molecule has 4 heteroatoms. The van der Waals surface area contributed by atoms with Gasteiger partial charge in [0.1, 0.15) is 0 Å². The van der Waals surface area contributed by atoms with E-state index in [9.17, 15) is 10.5 Å². The van der Waals surface area contributed by atoms with E-state index in [0.717, 1.165) is 66.5 Å². The number of aromatic nitrogens is 2. The molecule has 0 saturated heterocycles. The quantitative estimate of drug-likeness (QED) is 0.199. The summed E-state index contributed by atoms with van der Waals surface area (Å²) in [7, 11) is 0. The van der Waals surface area contributed by atoms with Crippen LogP contribution in [0.15, 0.2) is 158 Å². The summed E-state index contributed by atoms with van der Waals surface area (Å²) in [4.78, 5) is 0. The molecule has 0 atom stereocenters. The first-order valence-electron chi connectivity index (χ1n) is 15.9. The molecule has 2 heterocycles. The molecule has 0 bridgehead atoms. The van der Waals surface area contributed by atoms with Gasteiger partial charge in [-0.15, -0.1) is 0 Å². The van der Waals surface area contributed by atoms with E-state index in [1.807, 2.05) is 42.5 Å². The molecule has 0 fully saturated rings. The monoisotopic (exact) mass is 610 g/mol. The molecule has 7 aromatic carbocycles. The van der Waals surface area contributed by atoms with Crippen molar-refractivity contribution in [3.05, 3.63) is 169 Å². The molecular formula is C44H26N4. The number of hydrogen-bond acceptors (Lipinski definition) is 2. The molecule has 0 amide bonds.